The molecule has 0 spiro atoms. The minimum atomic E-state index is 0.570. The van der Waals surface area contributed by atoms with E-state index in [0.29, 0.717) is 6.10 Å². The highest BCUT2D eigenvalue weighted by Gasteiger charge is 2.20. The summed E-state index contributed by atoms with van der Waals surface area (Å²) in [7, 11) is 2.04. The Kier molecular flexibility index (Phi) is 6.20. The van der Waals surface area contributed by atoms with E-state index in [-0.39, 0.29) is 0 Å². The van der Waals surface area contributed by atoms with Crippen LogP contribution in [0.25, 0.3) is 0 Å². The molecule has 1 rings (SSSR count). The van der Waals surface area contributed by atoms with Gasteiger partial charge in [-0.3, -0.25) is 0 Å². The van der Waals surface area contributed by atoms with E-state index in [4.69, 9.17) is 4.74 Å². The summed E-state index contributed by atoms with van der Waals surface area (Å²) in [5.41, 5.74) is 0. The summed E-state index contributed by atoms with van der Waals surface area (Å²) in [5.74, 6) is 0.948. The lowest BCUT2D eigenvalue weighted by Gasteiger charge is -2.28. The summed E-state index contributed by atoms with van der Waals surface area (Å²) >= 11 is 0. The Morgan fingerprint density at radius 2 is 1.93 bits per heavy atom. The largest absolute Gasteiger partial charge is 0.378 e. The molecule has 1 saturated carbocycles. The first kappa shape index (κ1) is 12.0. The van der Waals surface area contributed by atoms with Crippen LogP contribution in [-0.4, -0.2) is 26.3 Å². The highest BCUT2D eigenvalue weighted by Crippen LogP contribution is 2.28. The third-order valence-electron chi connectivity index (χ3n) is 3.15. The maximum absolute atomic E-state index is 5.77. The Bertz CT molecular complexity index is 114. The molecule has 0 aromatic carbocycles. The van der Waals surface area contributed by atoms with Crippen molar-refractivity contribution in [1.29, 1.82) is 0 Å². The van der Waals surface area contributed by atoms with Crippen molar-refractivity contribution in [3.8, 4) is 0 Å². The first-order valence-corrected chi connectivity index (χ1v) is 6.13. The van der Waals surface area contributed by atoms with Gasteiger partial charge < -0.3 is 10.1 Å². The van der Waals surface area contributed by atoms with Gasteiger partial charge in [0.2, 0.25) is 0 Å². The quantitative estimate of drug-likeness (QED) is 0.710. The monoisotopic (exact) mass is 199 g/mol. The van der Waals surface area contributed by atoms with Gasteiger partial charge >= 0.3 is 0 Å². The van der Waals surface area contributed by atoms with Crippen LogP contribution in [0, 0.1) is 5.92 Å². The van der Waals surface area contributed by atoms with Gasteiger partial charge in [0.15, 0.2) is 0 Å². The first-order valence-electron chi connectivity index (χ1n) is 6.13. The smallest absolute Gasteiger partial charge is 0.0575 e. The van der Waals surface area contributed by atoms with Crippen molar-refractivity contribution in [2.75, 3.05) is 20.2 Å². The normalized spacial score (nSPS) is 27.9. The molecule has 0 atom stereocenters. The molecule has 84 valence electrons. The summed E-state index contributed by atoms with van der Waals surface area (Å²) in [5, 5.41) is 3.23. The molecule has 0 aromatic heterocycles. The maximum Gasteiger partial charge on any atom is 0.0575 e. The van der Waals surface area contributed by atoms with Crippen LogP contribution < -0.4 is 5.32 Å². The van der Waals surface area contributed by atoms with E-state index >= 15 is 0 Å². The van der Waals surface area contributed by atoms with Gasteiger partial charge in [-0.05, 0) is 58.0 Å². The fraction of sp³-hybridized carbons (Fsp3) is 1.00. The predicted octanol–water partition coefficient (Wildman–Crippen LogP) is 2.58. The third-order valence-corrected chi connectivity index (χ3v) is 3.15. The molecule has 1 fully saturated rings. The fourth-order valence-corrected chi connectivity index (χ4v) is 2.22. The fourth-order valence-electron chi connectivity index (χ4n) is 2.22. The van der Waals surface area contributed by atoms with Crippen LogP contribution in [0.5, 0.6) is 0 Å². The molecule has 0 heterocycles. The van der Waals surface area contributed by atoms with E-state index < -0.39 is 0 Å². The lowest BCUT2D eigenvalue weighted by atomic mass is 9.85. The van der Waals surface area contributed by atoms with Crippen LogP contribution in [0.4, 0.5) is 0 Å². The van der Waals surface area contributed by atoms with Gasteiger partial charge in [-0.2, -0.15) is 0 Å². The van der Waals surface area contributed by atoms with Crippen LogP contribution in [0.3, 0.4) is 0 Å². The molecule has 1 aliphatic rings. The van der Waals surface area contributed by atoms with Gasteiger partial charge in [0, 0.05) is 6.61 Å². The van der Waals surface area contributed by atoms with Gasteiger partial charge in [-0.1, -0.05) is 6.92 Å². The van der Waals surface area contributed by atoms with Crippen molar-refractivity contribution in [3.05, 3.63) is 0 Å². The van der Waals surface area contributed by atoms with Gasteiger partial charge in [-0.25, -0.2) is 0 Å². The molecular weight excluding hydrogens is 174 g/mol. The topological polar surface area (TPSA) is 21.3 Å². The predicted molar refractivity (Wildman–Crippen MR) is 60.5 cm³/mol. The van der Waals surface area contributed by atoms with E-state index in [9.17, 15) is 0 Å². The number of rotatable bonds is 6. The summed E-state index contributed by atoms with van der Waals surface area (Å²) in [6.07, 6.45) is 8.38. The van der Waals surface area contributed by atoms with Crippen molar-refractivity contribution in [2.45, 2.75) is 51.6 Å². The Hall–Kier alpha value is -0.0800. The molecular formula is C12H25NO. The second kappa shape index (κ2) is 7.24. The van der Waals surface area contributed by atoms with E-state index in [1.165, 1.54) is 38.6 Å². The van der Waals surface area contributed by atoms with Gasteiger partial charge in [0.25, 0.3) is 0 Å². The number of hydrogen-bond acceptors (Lipinski definition) is 2. The van der Waals surface area contributed by atoms with Crippen molar-refractivity contribution in [3.63, 3.8) is 0 Å². The number of ether oxygens (including phenoxy) is 1. The van der Waals surface area contributed by atoms with Gasteiger partial charge in [0.05, 0.1) is 6.10 Å². The summed E-state index contributed by atoms with van der Waals surface area (Å²) in [4.78, 5) is 0. The molecule has 0 bridgehead atoms. The van der Waals surface area contributed by atoms with Gasteiger partial charge in [-0.15, -0.1) is 0 Å². The summed E-state index contributed by atoms with van der Waals surface area (Å²) in [6, 6.07) is 0. The second-order valence-corrected chi connectivity index (χ2v) is 4.41. The van der Waals surface area contributed by atoms with Crippen LogP contribution in [0.2, 0.25) is 0 Å². The van der Waals surface area contributed by atoms with Crippen LogP contribution in [-0.2, 0) is 4.74 Å². The van der Waals surface area contributed by atoms with E-state index in [1.807, 2.05) is 7.05 Å². The standard InChI is InChI=1S/C12H25NO/c1-3-10-14-12-6-4-11(5-7-12)8-9-13-2/h11-13H,3-10H2,1-2H3. The van der Waals surface area contributed by atoms with Crippen molar-refractivity contribution >= 4 is 0 Å². The average Bonchev–Trinajstić information content (AvgIpc) is 2.25. The lowest BCUT2D eigenvalue weighted by Crippen LogP contribution is -2.24. The molecule has 0 aliphatic heterocycles. The molecule has 2 nitrogen and oxygen atoms in total. The SMILES string of the molecule is CCCOC1CCC(CCNC)CC1. The molecule has 0 aromatic rings. The van der Waals surface area contributed by atoms with E-state index in [2.05, 4.69) is 12.2 Å². The molecule has 0 saturated heterocycles. The zero-order valence-electron chi connectivity index (χ0n) is 9.72. The van der Waals surface area contributed by atoms with Crippen LogP contribution in [0.15, 0.2) is 0 Å². The van der Waals surface area contributed by atoms with Crippen molar-refractivity contribution in [2.24, 2.45) is 5.92 Å². The van der Waals surface area contributed by atoms with Crippen molar-refractivity contribution in [1.82, 2.24) is 5.32 Å². The molecule has 0 radical (unpaired) electrons. The van der Waals surface area contributed by atoms with Gasteiger partial charge in [0.1, 0.15) is 0 Å². The third kappa shape index (κ3) is 4.43. The van der Waals surface area contributed by atoms with Crippen molar-refractivity contribution < 1.29 is 4.74 Å². The lowest BCUT2D eigenvalue weighted by molar-refractivity contribution is 0.0177. The number of nitrogens with one attached hydrogen (secondary N) is 1. The molecule has 1 N–H and O–H groups in total. The second-order valence-electron chi connectivity index (χ2n) is 4.41. The number of hydrogen-bond donors (Lipinski definition) is 1. The molecule has 0 unspecified atom stereocenters. The first-order chi connectivity index (χ1) is 6.86. The average molecular weight is 199 g/mol. The Morgan fingerprint density at radius 3 is 2.50 bits per heavy atom. The molecule has 1 aliphatic carbocycles. The zero-order chi connectivity index (χ0) is 10.2. The van der Waals surface area contributed by atoms with E-state index in [1.54, 1.807) is 0 Å². The molecule has 2 heteroatoms. The Labute approximate surface area is 88.4 Å². The summed E-state index contributed by atoms with van der Waals surface area (Å²) < 4.78 is 5.77. The highest BCUT2D eigenvalue weighted by atomic mass is 16.5. The highest BCUT2D eigenvalue weighted by molar-refractivity contribution is 4.73. The Morgan fingerprint density at radius 1 is 1.21 bits per heavy atom. The van der Waals surface area contributed by atoms with Crippen LogP contribution >= 0.6 is 0 Å². The maximum atomic E-state index is 5.77. The Balaban J connectivity index is 2.05. The molecule has 14 heavy (non-hydrogen) atoms. The zero-order valence-corrected chi connectivity index (χ0v) is 9.72. The van der Waals surface area contributed by atoms with E-state index in [0.717, 1.165) is 18.9 Å². The summed E-state index contributed by atoms with van der Waals surface area (Å²) in [6.45, 7) is 4.30. The minimum Gasteiger partial charge on any atom is -0.378 e. The minimum absolute atomic E-state index is 0.570. The van der Waals surface area contributed by atoms with Crippen LogP contribution in [0.1, 0.15) is 45.4 Å². The molecule has 0 amide bonds.